The molecule has 0 fully saturated rings. The maximum Gasteiger partial charge on any atom is 0.0532 e. The zero-order valence-corrected chi connectivity index (χ0v) is 10.6. The highest BCUT2D eigenvalue weighted by molar-refractivity contribution is 7.85. The molecule has 1 aromatic carbocycles. The first kappa shape index (κ1) is 12.0. The highest BCUT2D eigenvalue weighted by Gasteiger charge is 2.03. The molecule has 0 bridgehead atoms. The Kier molecular flexibility index (Phi) is 4.04. The molecule has 3 heteroatoms. The van der Waals surface area contributed by atoms with Gasteiger partial charge < -0.3 is 0 Å². The first-order chi connectivity index (χ1) is 8.25. The third-order valence-electron chi connectivity index (χ3n) is 2.61. The summed E-state index contributed by atoms with van der Waals surface area (Å²) < 4.78 is 12.0. The van der Waals surface area contributed by atoms with E-state index in [0.717, 1.165) is 11.3 Å². The van der Waals surface area contributed by atoms with Gasteiger partial charge in [-0.1, -0.05) is 17.7 Å². The number of nitrogens with zero attached hydrogens (tertiary/aromatic N) is 1. The van der Waals surface area contributed by atoms with Gasteiger partial charge in [-0.05, 0) is 43.2 Å². The lowest BCUT2D eigenvalue weighted by atomic mass is 10.2. The molecule has 2 rings (SSSR count). The van der Waals surface area contributed by atoms with Crippen molar-refractivity contribution in [2.45, 2.75) is 18.2 Å². The van der Waals surface area contributed by atoms with Crippen LogP contribution in [0.4, 0.5) is 0 Å². The van der Waals surface area contributed by atoms with Gasteiger partial charge >= 0.3 is 0 Å². The summed E-state index contributed by atoms with van der Waals surface area (Å²) >= 11 is 0. The molecule has 0 aliphatic carbocycles. The maximum absolute atomic E-state index is 12.0. The van der Waals surface area contributed by atoms with Gasteiger partial charge in [0, 0.05) is 23.0 Å². The van der Waals surface area contributed by atoms with Gasteiger partial charge in [-0.15, -0.1) is 0 Å². The topological polar surface area (TPSA) is 30.0 Å². The van der Waals surface area contributed by atoms with E-state index < -0.39 is 10.8 Å². The Labute approximate surface area is 104 Å². The van der Waals surface area contributed by atoms with Crippen LogP contribution in [0.15, 0.2) is 53.7 Å². The average molecular weight is 245 g/mol. The number of rotatable bonds is 4. The van der Waals surface area contributed by atoms with Crippen molar-refractivity contribution >= 4 is 10.8 Å². The zero-order chi connectivity index (χ0) is 12.1. The molecule has 1 atom stereocenters. The zero-order valence-electron chi connectivity index (χ0n) is 9.80. The third kappa shape index (κ3) is 3.49. The Bertz CT molecular complexity index is 493. The summed E-state index contributed by atoms with van der Waals surface area (Å²) in [5, 5.41) is 0. The molecule has 0 saturated heterocycles. The number of hydrogen-bond acceptors (Lipinski definition) is 2. The molecule has 0 amide bonds. The molecule has 1 aromatic heterocycles. The van der Waals surface area contributed by atoms with E-state index in [9.17, 15) is 4.21 Å². The van der Waals surface area contributed by atoms with Crippen molar-refractivity contribution in [3.05, 3.63) is 59.9 Å². The van der Waals surface area contributed by atoms with Crippen molar-refractivity contribution in [2.75, 3.05) is 5.75 Å². The predicted molar refractivity (Wildman–Crippen MR) is 70.4 cm³/mol. The Hall–Kier alpha value is -1.48. The van der Waals surface area contributed by atoms with Crippen LogP contribution in [0.1, 0.15) is 11.1 Å². The lowest BCUT2D eigenvalue weighted by Crippen LogP contribution is -2.01. The van der Waals surface area contributed by atoms with Crippen molar-refractivity contribution in [1.82, 2.24) is 4.98 Å². The molecule has 1 unspecified atom stereocenters. The van der Waals surface area contributed by atoms with E-state index in [-0.39, 0.29) is 0 Å². The first-order valence-electron chi connectivity index (χ1n) is 5.59. The molecule has 1 heterocycles. The van der Waals surface area contributed by atoms with Crippen LogP contribution in [0.25, 0.3) is 0 Å². The van der Waals surface area contributed by atoms with Gasteiger partial charge in [0.1, 0.15) is 0 Å². The fraction of sp³-hybridized carbons (Fsp3) is 0.214. The van der Waals surface area contributed by atoms with Crippen molar-refractivity contribution in [3.8, 4) is 0 Å². The van der Waals surface area contributed by atoms with Crippen LogP contribution < -0.4 is 0 Å². The van der Waals surface area contributed by atoms with E-state index in [1.165, 1.54) is 11.1 Å². The largest absolute Gasteiger partial charge is 0.265 e. The van der Waals surface area contributed by atoms with Crippen LogP contribution >= 0.6 is 0 Å². The second-order valence-corrected chi connectivity index (χ2v) is 5.54. The highest BCUT2D eigenvalue weighted by atomic mass is 32.2. The van der Waals surface area contributed by atoms with Crippen LogP contribution in [0, 0.1) is 6.92 Å². The Morgan fingerprint density at radius 3 is 2.35 bits per heavy atom. The van der Waals surface area contributed by atoms with Crippen molar-refractivity contribution in [2.24, 2.45) is 0 Å². The summed E-state index contributed by atoms with van der Waals surface area (Å²) in [6.07, 6.45) is 4.36. The van der Waals surface area contributed by atoms with Gasteiger partial charge in [0.2, 0.25) is 0 Å². The Balaban J connectivity index is 1.96. The maximum atomic E-state index is 12.0. The summed E-state index contributed by atoms with van der Waals surface area (Å²) in [5.74, 6) is 0.660. The lowest BCUT2D eigenvalue weighted by molar-refractivity contribution is 0.682. The SMILES string of the molecule is Cc1ccc(S(=O)CCc2ccncc2)cc1. The van der Waals surface area contributed by atoms with E-state index in [0.29, 0.717) is 5.75 Å². The van der Waals surface area contributed by atoms with Crippen LogP contribution in [-0.4, -0.2) is 14.9 Å². The summed E-state index contributed by atoms with van der Waals surface area (Å²) in [6, 6.07) is 11.8. The summed E-state index contributed by atoms with van der Waals surface area (Å²) in [6.45, 7) is 2.03. The molecule has 2 nitrogen and oxygen atoms in total. The van der Waals surface area contributed by atoms with Crippen molar-refractivity contribution in [3.63, 3.8) is 0 Å². The smallest absolute Gasteiger partial charge is 0.0532 e. The monoisotopic (exact) mass is 245 g/mol. The molecule has 0 spiro atoms. The van der Waals surface area contributed by atoms with E-state index in [4.69, 9.17) is 0 Å². The number of pyridine rings is 1. The number of benzene rings is 1. The fourth-order valence-corrected chi connectivity index (χ4v) is 2.66. The molecular weight excluding hydrogens is 230 g/mol. The molecule has 17 heavy (non-hydrogen) atoms. The standard InChI is InChI=1S/C14H15NOS/c1-12-2-4-14(5-3-12)17(16)11-8-13-6-9-15-10-7-13/h2-7,9-10H,8,11H2,1H3. The highest BCUT2D eigenvalue weighted by Crippen LogP contribution is 2.10. The molecule has 0 N–H and O–H groups in total. The molecular formula is C14H15NOS. The minimum Gasteiger partial charge on any atom is -0.265 e. The van der Waals surface area contributed by atoms with E-state index >= 15 is 0 Å². The van der Waals surface area contributed by atoms with E-state index in [1.54, 1.807) is 12.4 Å². The van der Waals surface area contributed by atoms with Gasteiger partial charge in [0.05, 0.1) is 10.8 Å². The Morgan fingerprint density at radius 2 is 1.71 bits per heavy atom. The summed E-state index contributed by atoms with van der Waals surface area (Å²) in [4.78, 5) is 4.87. The number of aryl methyl sites for hydroxylation is 2. The van der Waals surface area contributed by atoms with Crippen LogP contribution in [0.2, 0.25) is 0 Å². The minimum atomic E-state index is -0.913. The lowest BCUT2D eigenvalue weighted by Gasteiger charge is -2.03. The van der Waals surface area contributed by atoms with Crippen molar-refractivity contribution in [1.29, 1.82) is 0 Å². The average Bonchev–Trinajstić information content (AvgIpc) is 2.38. The van der Waals surface area contributed by atoms with Gasteiger partial charge in [0.15, 0.2) is 0 Å². The van der Waals surface area contributed by atoms with Crippen LogP contribution in [0.5, 0.6) is 0 Å². The van der Waals surface area contributed by atoms with Crippen LogP contribution in [0.3, 0.4) is 0 Å². The molecule has 88 valence electrons. The van der Waals surface area contributed by atoms with Gasteiger partial charge in [-0.2, -0.15) is 0 Å². The predicted octanol–water partition coefficient (Wildman–Crippen LogP) is 2.74. The third-order valence-corrected chi connectivity index (χ3v) is 3.98. The van der Waals surface area contributed by atoms with Gasteiger partial charge in [0.25, 0.3) is 0 Å². The molecule has 0 aliphatic rings. The summed E-state index contributed by atoms with van der Waals surface area (Å²) in [5.41, 5.74) is 2.38. The molecule has 0 aliphatic heterocycles. The quantitative estimate of drug-likeness (QED) is 0.829. The second kappa shape index (κ2) is 5.73. The summed E-state index contributed by atoms with van der Waals surface area (Å²) in [7, 11) is -0.913. The minimum absolute atomic E-state index is 0.660. The molecule has 2 aromatic rings. The normalized spacial score (nSPS) is 12.3. The van der Waals surface area contributed by atoms with E-state index in [2.05, 4.69) is 4.98 Å². The Morgan fingerprint density at radius 1 is 1.06 bits per heavy atom. The fourth-order valence-electron chi connectivity index (χ4n) is 1.57. The van der Waals surface area contributed by atoms with Gasteiger partial charge in [-0.25, -0.2) is 0 Å². The van der Waals surface area contributed by atoms with Crippen molar-refractivity contribution < 1.29 is 4.21 Å². The second-order valence-electron chi connectivity index (χ2n) is 3.97. The van der Waals surface area contributed by atoms with Gasteiger partial charge in [-0.3, -0.25) is 9.19 Å². The molecule has 0 radical (unpaired) electrons. The number of aromatic nitrogens is 1. The van der Waals surface area contributed by atoms with E-state index in [1.807, 2.05) is 43.3 Å². The number of hydrogen-bond donors (Lipinski definition) is 0. The van der Waals surface area contributed by atoms with Crippen LogP contribution in [-0.2, 0) is 17.2 Å². The first-order valence-corrected chi connectivity index (χ1v) is 6.91. The molecule has 0 saturated carbocycles.